The maximum Gasteiger partial charge on any atom is 0.170 e. The minimum Gasteiger partial charge on any atom is -0.361 e. The molecule has 0 fully saturated rings. The fourth-order valence-electron chi connectivity index (χ4n) is 2.61. The third-order valence-electron chi connectivity index (χ3n) is 3.90. The summed E-state index contributed by atoms with van der Waals surface area (Å²) in [7, 11) is 0. The van der Waals surface area contributed by atoms with E-state index in [0.29, 0.717) is 22.9 Å². The third kappa shape index (κ3) is 3.54. The minimum absolute atomic E-state index is 0.247. The smallest absolute Gasteiger partial charge is 0.170 e. The van der Waals surface area contributed by atoms with Crippen molar-refractivity contribution in [3.8, 4) is 0 Å². The quantitative estimate of drug-likeness (QED) is 0.708. The van der Waals surface area contributed by atoms with E-state index in [9.17, 15) is 4.39 Å². The number of para-hydroxylation sites is 2. The lowest BCUT2D eigenvalue weighted by Crippen LogP contribution is -2.31. The van der Waals surface area contributed by atoms with Crippen molar-refractivity contribution < 1.29 is 4.39 Å². The molecule has 24 heavy (non-hydrogen) atoms. The third-order valence-corrected chi connectivity index (χ3v) is 4.14. The highest BCUT2D eigenvalue weighted by Gasteiger charge is 2.06. The Bertz CT molecular complexity index is 888. The van der Waals surface area contributed by atoms with Crippen LogP contribution in [-0.4, -0.2) is 21.2 Å². The van der Waals surface area contributed by atoms with Gasteiger partial charge in [0.05, 0.1) is 11.0 Å². The van der Waals surface area contributed by atoms with Gasteiger partial charge in [0.25, 0.3) is 0 Å². The number of nitrogens with zero attached hydrogens (tertiary/aromatic N) is 2. The van der Waals surface area contributed by atoms with Crippen LogP contribution in [0.5, 0.6) is 0 Å². The predicted octanol–water partition coefficient (Wildman–Crippen LogP) is 3.78. The molecule has 124 valence electrons. The molecule has 0 bridgehead atoms. The van der Waals surface area contributed by atoms with Gasteiger partial charge in [-0.3, -0.25) is 0 Å². The van der Waals surface area contributed by atoms with E-state index in [1.54, 1.807) is 19.1 Å². The van der Waals surface area contributed by atoms with Gasteiger partial charge in [-0.15, -0.1) is 0 Å². The van der Waals surface area contributed by atoms with Crippen molar-refractivity contribution in [3.05, 3.63) is 59.7 Å². The first kappa shape index (κ1) is 16.4. The van der Waals surface area contributed by atoms with Crippen LogP contribution >= 0.6 is 12.2 Å². The van der Waals surface area contributed by atoms with Crippen molar-refractivity contribution in [2.75, 3.05) is 11.9 Å². The number of halogens is 1. The lowest BCUT2D eigenvalue weighted by Gasteiger charge is -2.12. The van der Waals surface area contributed by atoms with E-state index < -0.39 is 0 Å². The summed E-state index contributed by atoms with van der Waals surface area (Å²) in [5.41, 5.74) is 3.35. The van der Waals surface area contributed by atoms with E-state index in [0.717, 1.165) is 23.4 Å². The summed E-state index contributed by atoms with van der Waals surface area (Å²) in [5, 5.41) is 6.61. The maximum absolute atomic E-state index is 13.5. The molecule has 0 saturated carbocycles. The summed E-state index contributed by atoms with van der Waals surface area (Å²) in [6, 6.07) is 13.0. The van der Waals surface area contributed by atoms with Crippen LogP contribution in [0.4, 0.5) is 10.1 Å². The Labute approximate surface area is 145 Å². The Hall–Kier alpha value is -2.47. The monoisotopic (exact) mass is 342 g/mol. The van der Waals surface area contributed by atoms with Gasteiger partial charge in [-0.1, -0.05) is 18.2 Å². The fourth-order valence-corrected chi connectivity index (χ4v) is 2.83. The van der Waals surface area contributed by atoms with Crippen molar-refractivity contribution in [1.29, 1.82) is 0 Å². The second kappa shape index (κ2) is 6.97. The molecular weight excluding hydrogens is 323 g/mol. The number of benzene rings is 2. The second-order valence-electron chi connectivity index (χ2n) is 5.64. The Kier molecular flexibility index (Phi) is 4.76. The van der Waals surface area contributed by atoms with Gasteiger partial charge in [-0.2, -0.15) is 0 Å². The Morgan fingerprint density at radius 2 is 2.00 bits per heavy atom. The standard InChI is InChI=1S/C18H19FN4S/c1-12-7-8-14(11-15(12)19)22-18(24)20-9-10-23-13(2)21-16-5-3-4-6-17(16)23/h3-8,11H,9-10H2,1-2H3,(H2,20,22,24). The number of aryl methyl sites for hydroxylation is 2. The zero-order valence-corrected chi connectivity index (χ0v) is 14.5. The van der Waals surface area contributed by atoms with Crippen molar-refractivity contribution in [2.45, 2.75) is 20.4 Å². The molecule has 1 aromatic heterocycles. The van der Waals surface area contributed by atoms with Gasteiger partial charge >= 0.3 is 0 Å². The average molecular weight is 342 g/mol. The molecule has 0 atom stereocenters. The first-order valence-electron chi connectivity index (χ1n) is 7.77. The van der Waals surface area contributed by atoms with Crippen LogP contribution in [0, 0.1) is 19.7 Å². The number of aromatic nitrogens is 2. The normalized spacial score (nSPS) is 10.8. The van der Waals surface area contributed by atoms with E-state index in [2.05, 4.69) is 26.3 Å². The molecule has 0 aliphatic heterocycles. The molecule has 3 rings (SSSR count). The summed E-state index contributed by atoms with van der Waals surface area (Å²) in [6.07, 6.45) is 0. The molecule has 0 radical (unpaired) electrons. The largest absolute Gasteiger partial charge is 0.361 e. The molecule has 0 aliphatic rings. The van der Waals surface area contributed by atoms with Gasteiger partial charge in [0, 0.05) is 18.8 Å². The second-order valence-corrected chi connectivity index (χ2v) is 6.05. The van der Waals surface area contributed by atoms with E-state index in [-0.39, 0.29) is 5.82 Å². The molecule has 0 spiro atoms. The molecule has 6 heteroatoms. The fraction of sp³-hybridized carbons (Fsp3) is 0.222. The molecule has 0 amide bonds. The lowest BCUT2D eigenvalue weighted by molar-refractivity contribution is 0.619. The van der Waals surface area contributed by atoms with E-state index >= 15 is 0 Å². The lowest BCUT2D eigenvalue weighted by atomic mass is 10.2. The number of imidazole rings is 1. The van der Waals surface area contributed by atoms with Crippen LogP contribution in [0.2, 0.25) is 0 Å². The zero-order chi connectivity index (χ0) is 17.1. The molecular formula is C18H19FN4S. The number of thiocarbonyl (C=S) groups is 1. The van der Waals surface area contributed by atoms with Crippen molar-refractivity contribution in [1.82, 2.24) is 14.9 Å². The van der Waals surface area contributed by atoms with Gasteiger partial charge in [-0.25, -0.2) is 9.37 Å². The summed E-state index contributed by atoms with van der Waals surface area (Å²) in [4.78, 5) is 4.54. The molecule has 0 saturated heterocycles. The Balaban J connectivity index is 1.58. The van der Waals surface area contributed by atoms with Crippen LogP contribution in [0.25, 0.3) is 11.0 Å². The van der Waals surface area contributed by atoms with Crippen LogP contribution in [0.1, 0.15) is 11.4 Å². The van der Waals surface area contributed by atoms with Crippen LogP contribution in [-0.2, 0) is 6.54 Å². The van der Waals surface area contributed by atoms with Crippen LogP contribution in [0.3, 0.4) is 0 Å². The van der Waals surface area contributed by atoms with Crippen LogP contribution < -0.4 is 10.6 Å². The maximum atomic E-state index is 13.5. The van der Waals surface area contributed by atoms with Gasteiger partial charge in [0.1, 0.15) is 11.6 Å². The summed E-state index contributed by atoms with van der Waals surface area (Å²) >= 11 is 5.27. The highest BCUT2D eigenvalue weighted by molar-refractivity contribution is 7.80. The van der Waals surface area contributed by atoms with Gasteiger partial charge in [-0.05, 0) is 55.9 Å². The van der Waals surface area contributed by atoms with Gasteiger partial charge in [0.15, 0.2) is 5.11 Å². The first-order valence-corrected chi connectivity index (χ1v) is 8.18. The van der Waals surface area contributed by atoms with E-state index in [1.807, 2.05) is 25.1 Å². The predicted molar refractivity (Wildman–Crippen MR) is 99.8 cm³/mol. The summed E-state index contributed by atoms with van der Waals surface area (Å²) in [6.45, 7) is 5.12. The number of anilines is 1. The average Bonchev–Trinajstić information content (AvgIpc) is 2.87. The van der Waals surface area contributed by atoms with Crippen molar-refractivity contribution >= 4 is 34.1 Å². The molecule has 0 aliphatic carbocycles. The van der Waals surface area contributed by atoms with Gasteiger partial charge in [0.2, 0.25) is 0 Å². The molecule has 1 heterocycles. The van der Waals surface area contributed by atoms with Crippen molar-refractivity contribution in [3.63, 3.8) is 0 Å². The number of fused-ring (bicyclic) bond motifs is 1. The Morgan fingerprint density at radius 1 is 1.21 bits per heavy atom. The van der Waals surface area contributed by atoms with E-state index in [1.165, 1.54) is 6.07 Å². The number of hydrogen-bond acceptors (Lipinski definition) is 2. The first-order chi connectivity index (χ1) is 11.5. The Morgan fingerprint density at radius 3 is 2.79 bits per heavy atom. The molecule has 3 aromatic rings. The molecule has 0 unspecified atom stereocenters. The number of nitrogens with one attached hydrogen (secondary N) is 2. The summed E-state index contributed by atoms with van der Waals surface area (Å²) < 4.78 is 15.7. The minimum atomic E-state index is -0.247. The highest BCUT2D eigenvalue weighted by Crippen LogP contribution is 2.15. The topological polar surface area (TPSA) is 41.9 Å². The summed E-state index contributed by atoms with van der Waals surface area (Å²) in [5.74, 6) is 0.723. The molecule has 2 N–H and O–H groups in total. The van der Waals surface area contributed by atoms with Crippen molar-refractivity contribution in [2.24, 2.45) is 0 Å². The highest BCUT2D eigenvalue weighted by atomic mass is 32.1. The molecule has 4 nitrogen and oxygen atoms in total. The van der Waals surface area contributed by atoms with E-state index in [4.69, 9.17) is 12.2 Å². The van der Waals surface area contributed by atoms with Crippen LogP contribution in [0.15, 0.2) is 42.5 Å². The van der Waals surface area contributed by atoms with Gasteiger partial charge < -0.3 is 15.2 Å². The SMILES string of the molecule is Cc1ccc(NC(=S)NCCn2c(C)nc3ccccc32)cc1F. The zero-order valence-electron chi connectivity index (χ0n) is 13.6. The molecule has 2 aromatic carbocycles. The number of rotatable bonds is 4. The number of hydrogen-bond donors (Lipinski definition) is 2.